The molecule has 1 aromatic carbocycles. The Bertz CT molecular complexity index is 342. The maximum Gasteiger partial charge on any atom is 0.146 e. The van der Waals surface area contributed by atoms with E-state index >= 15 is 0 Å². The van der Waals surface area contributed by atoms with E-state index < -0.39 is 0 Å². The highest BCUT2D eigenvalue weighted by Gasteiger charge is 2.13. The summed E-state index contributed by atoms with van der Waals surface area (Å²) in [5.41, 5.74) is 0.597. The molecule has 0 spiro atoms. The largest absolute Gasteiger partial charge is 0.382 e. The van der Waals surface area contributed by atoms with E-state index in [-0.39, 0.29) is 5.82 Å². The first-order valence-electron chi connectivity index (χ1n) is 6.04. The number of rotatable bonds is 5. The molecular formula is C13H18FNOS. The van der Waals surface area contributed by atoms with E-state index in [4.69, 9.17) is 4.74 Å². The lowest BCUT2D eigenvalue weighted by atomic mass is 10.2. The van der Waals surface area contributed by atoms with Crippen LogP contribution in [-0.2, 0) is 4.74 Å². The average molecular weight is 255 g/mol. The van der Waals surface area contributed by atoms with Gasteiger partial charge < -0.3 is 10.1 Å². The maximum absolute atomic E-state index is 13.3. The van der Waals surface area contributed by atoms with Crippen LogP contribution < -0.4 is 5.32 Å². The molecule has 4 heteroatoms. The second-order valence-corrected chi connectivity index (χ2v) is 5.50. The van der Waals surface area contributed by atoms with Gasteiger partial charge in [-0.2, -0.15) is 11.8 Å². The van der Waals surface area contributed by atoms with E-state index in [0.29, 0.717) is 10.9 Å². The number of nitrogens with one attached hydrogen (secondary N) is 1. The highest BCUT2D eigenvalue weighted by Crippen LogP contribution is 2.21. The minimum Gasteiger partial charge on any atom is -0.382 e. The number of benzene rings is 1. The van der Waals surface area contributed by atoms with Crippen LogP contribution >= 0.6 is 11.8 Å². The highest BCUT2D eigenvalue weighted by molar-refractivity contribution is 7.99. The zero-order chi connectivity index (χ0) is 11.9. The first-order chi connectivity index (χ1) is 8.36. The zero-order valence-electron chi connectivity index (χ0n) is 9.82. The molecule has 0 bridgehead atoms. The van der Waals surface area contributed by atoms with Crippen molar-refractivity contribution in [2.24, 2.45) is 0 Å². The topological polar surface area (TPSA) is 21.3 Å². The van der Waals surface area contributed by atoms with Gasteiger partial charge in [-0.05, 0) is 25.0 Å². The summed E-state index contributed by atoms with van der Waals surface area (Å²) in [5, 5.41) is 3.84. The number of hydrogen-bond acceptors (Lipinski definition) is 3. The minimum absolute atomic E-state index is 0.177. The normalized spacial score (nSPS) is 17.0. The van der Waals surface area contributed by atoms with Gasteiger partial charge in [0, 0.05) is 30.8 Å². The molecule has 1 saturated heterocycles. The molecule has 2 rings (SSSR count). The molecule has 0 unspecified atom stereocenters. The van der Waals surface area contributed by atoms with Crippen molar-refractivity contribution in [2.45, 2.75) is 18.1 Å². The standard InChI is InChI=1S/C13H18FNOS/c14-12-3-1-2-4-13(12)15-7-10-17-11-5-8-16-9-6-11/h1-4,11,15H,5-10H2. The molecule has 1 N–H and O–H groups in total. The Hall–Kier alpha value is -0.740. The van der Waals surface area contributed by atoms with Crippen molar-refractivity contribution in [1.29, 1.82) is 0 Å². The summed E-state index contributed by atoms with van der Waals surface area (Å²) in [6.45, 7) is 2.58. The highest BCUT2D eigenvalue weighted by atomic mass is 32.2. The van der Waals surface area contributed by atoms with E-state index in [1.165, 1.54) is 6.07 Å². The minimum atomic E-state index is -0.177. The molecule has 0 radical (unpaired) electrons. The molecule has 0 amide bonds. The van der Waals surface area contributed by atoms with Crippen molar-refractivity contribution < 1.29 is 9.13 Å². The average Bonchev–Trinajstić information content (AvgIpc) is 2.38. The smallest absolute Gasteiger partial charge is 0.146 e. The predicted molar refractivity (Wildman–Crippen MR) is 71.2 cm³/mol. The first-order valence-corrected chi connectivity index (χ1v) is 7.09. The molecule has 1 heterocycles. The molecular weight excluding hydrogens is 237 g/mol. The summed E-state index contributed by atoms with van der Waals surface area (Å²) < 4.78 is 18.6. The number of halogens is 1. The Kier molecular flexibility index (Phi) is 5.13. The molecule has 17 heavy (non-hydrogen) atoms. The molecule has 0 aromatic heterocycles. The van der Waals surface area contributed by atoms with Gasteiger partial charge >= 0.3 is 0 Å². The third kappa shape index (κ3) is 4.21. The molecule has 1 aliphatic rings. The molecule has 1 aliphatic heterocycles. The second-order valence-electron chi connectivity index (χ2n) is 4.09. The van der Waals surface area contributed by atoms with E-state index in [2.05, 4.69) is 5.32 Å². The number of ether oxygens (including phenoxy) is 1. The third-order valence-electron chi connectivity index (χ3n) is 2.81. The Morgan fingerprint density at radius 3 is 2.82 bits per heavy atom. The molecule has 0 saturated carbocycles. The summed E-state index contributed by atoms with van der Waals surface area (Å²) >= 11 is 1.96. The fourth-order valence-corrected chi connectivity index (χ4v) is 2.94. The molecule has 2 nitrogen and oxygen atoms in total. The predicted octanol–water partition coefficient (Wildman–Crippen LogP) is 3.15. The van der Waals surface area contributed by atoms with Gasteiger partial charge in [0.15, 0.2) is 0 Å². The van der Waals surface area contributed by atoms with Gasteiger partial charge in [-0.3, -0.25) is 0 Å². The van der Waals surface area contributed by atoms with Crippen molar-refractivity contribution >= 4 is 17.4 Å². The van der Waals surface area contributed by atoms with Crippen molar-refractivity contribution in [1.82, 2.24) is 0 Å². The van der Waals surface area contributed by atoms with Crippen LogP contribution in [0.3, 0.4) is 0 Å². The number of hydrogen-bond donors (Lipinski definition) is 1. The summed E-state index contributed by atoms with van der Waals surface area (Å²) in [5.74, 6) is 0.836. The van der Waals surface area contributed by atoms with E-state index in [0.717, 1.165) is 38.4 Å². The van der Waals surface area contributed by atoms with E-state index in [1.807, 2.05) is 17.8 Å². The Balaban J connectivity index is 1.64. The van der Waals surface area contributed by atoms with Gasteiger partial charge in [0.05, 0.1) is 5.69 Å². The van der Waals surface area contributed by atoms with Crippen LogP contribution in [0.5, 0.6) is 0 Å². The monoisotopic (exact) mass is 255 g/mol. The van der Waals surface area contributed by atoms with Gasteiger partial charge in [0.1, 0.15) is 5.82 Å². The summed E-state index contributed by atoms with van der Waals surface area (Å²) in [6, 6.07) is 6.80. The number of para-hydroxylation sites is 1. The summed E-state index contributed by atoms with van der Waals surface area (Å²) in [7, 11) is 0. The van der Waals surface area contributed by atoms with E-state index in [9.17, 15) is 4.39 Å². The van der Waals surface area contributed by atoms with E-state index in [1.54, 1.807) is 12.1 Å². The Labute approximate surface area is 106 Å². The lowest BCUT2D eigenvalue weighted by Gasteiger charge is -2.21. The molecule has 94 valence electrons. The van der Waals surface area contributed by atoms with Crippen LogP contribution in [0.15, 0.2) is 24.3 Å². The van der Waals surface area contributed by atoms with Crippen LogP contribution in [0.2, 0.25) is 0 Å². The third-order valence-corrected chi connectivity index (χ3v) is 4.20. The quantitative estimate of drug-likeness (QED) is 0.817. The van der Waals surface area contributed by atoms with Crippen LogP contribution in [-0.4, -0.2) is 30.8 Å². The van der Waals surface area contributed by atoms with Crippen molar-refractivity contribution in [2.75, 3.05) is 30.8 Å². The molecule has 0 aliphatic carbocycles. The van der Waals surface area contributed by atoms with Crippen LogP contribution in [0, 0.1) is 5.82 Å². The molecule has 1 fully saturated rings. The lowest BCUT2D eigenvalue weighted by molar-refractivity contribution is 0.100. The van der Waals surface area contributed by atoms with Gasteiger partial charge in [0.25, 0.3) is 0 Å². The molecule has 1 aromatic rings. The van der Waals surface area contributed by atoms with Gasteiger partial charge in [0.2, 0.25) is 0 Å². The van der Waals surface area contributed by atoms with Crippen molar-refractivity contribution in [3.8, 4) is 0 Å². The second kappa shape index (κ2) is 6.87. The number of anilines is 1. The fraction of sp³-hybridized carbons (Fsp3) is 0.538. The summed E-state index contributed by atoms with van der Waals surface area (Å²) in [4.78, 5) is 0. The van der Waals surface area contributed by atoms with Crippen LogP contribution in [0.4, 0.5) is 10.1 Å². The number of thioether (sulfide) groups is 1. The zero-order valence-corrected chi connectivity index (χ0v) is 10.6. The van der Waals surface area contributed by atoms with Gasteiger partial charge in [-0.1, -0.05) is 12.1 Å². The molecule has 0 atom stereocenters. The van der Waals surface area contributed by atoms with Crippen molar-refractivity contribution in [3.63, 3.8) is 0 Å². The van der Waals surface area contributed by atoms with Crippen LogP contribution in [0.25, 0.3) is 0 Å². The summed E-state index contributed by atoms with van der Waals surface area (Å²) in [6.07, 6.45) is 2.29. The first kappa shape index (κ1) is 12.7. The maximum atomic E-state index is 13.3. The van der Waals surface area contributed by atoms with Gasteiger partial charge in [-0.15, -0.1) is 0 Å². The SMILES string of the molecule is Fc1ccccc1NCCSC1CCOCC1. The fourth-order valence-electron chi connectivity index (χ4n) is 1.86. The Morgan fingerprint density at radius 2 is 2.06 bits per heavy atom. The van der Waals surface area contributed by atoms with Gasteiger partial charge in [-0.25, -0.2) is 4.39 Å². The Morgan fingerprint density at radius 1 is 1.29 bits per heavy atom. The lowest BCUT2D eigenvalue weighted by Crippen LogP contribution is -2.19. The van der Waals surface area contributed by atoms with Crippen molar-refractivity contribution in [3.05, 3.63) is 30.1 Å². The van der Waals surface area contributed by atoms with Crippen LogP contribution in [0.1, 0.15) is 12.8 Å².